The number of amides is 1. The van der Waals surface area contributed by atoms with Gasteiger partial charge in [0.1, 0.15) is 5.82 Å². The number of imidazole rings is 1. The van der Waals surface area contributed by atoms with Crippen LogP contribution in [0.5, 0.6) is 0 Å². The van der Waals surface area contributed by atoms with E-state index in [-0.39, 0.29) is 5.91 Å². The summed E-state index contributed by atoms with van der Waals surface area (Å²) < 4.78 is 2.08. The minimum absolute atomic E-state index is 0.104. The van der Waals surface area contributed by atoms with E-state index in [9.17, 15) is 4.79 Å². The van der Waals surface area contributed by atoms with Gasteiger partial charge in [-0.15, -0.1) is 0 Å². The number of hydrogen-bond donors (Lipinski definition) is 1. The number of hydrogen-bond acceptors (Lipinski definition) is 3. The molecule has 2 heterocycles. The lowest BCUT2D eigenvalue weighted by molar-refractivity contribution is 0.0951. The Hall–Kier alpha value is -2.69. The lowest BCUT2D eigenvalue weighted by atomic mass is 10.2. The summed E-state index contributed by atoms with van der Waals surface area (Å²) in [5.74, 6) is 1.26. The summed E-state index contributed by atoms with van der Waals surface area (Å²) in [4.78, 5) is 21.0. The number of rotatable bonds is 4. The number of fused-ring (bicyclic) bond motifs is 1. The Morgan fingerprint density at radius 3 is 2.83 bits per heavy atom. The third kappa shape index (κ3) is 3.08. The Morgan fingerprint density at radius 1 is 1.30 bits per heavy atom. The second kappa shape index (κ2) is 6.20. The van der Waals surface area contributed by atoms with Crippen LogP contribution in [0.3, 0.4) is 0 Å². The molecule has 23 heavy (non-hydrogen) atoms. The molecule has 0 aliphatic heterocycles. The normalized spacial score (nSPS) is 11.1. The van der Waals surface area contributed by atoms with Crippen LogP contribution in [0.2, 0.25) is 0 Å². The summed E-state index contributed by atoms with van der Waals surface area (Å²) in [6.07, 6.45) is 3.46. The molecule has 0 unspecified atom stereocenters. The van der Waals surface area contributed by atoms with Crippen molar-refractivity contribution in [1.82, 2.24) is 19.9 Å². The Balaban J connectivity index is 1.81. The van der Waals surface area contributed by atoms with Gasteiger partial charge in [-0.05, 0) is 29.8 Å². The Bertz CT molecular complexity index is 837. The van der Waals surface area contributed by atoms with Gasteiger partial charge in [-0.1, -0.05) is 19.9 Å². The number of aryl methyl sites for hydroxylation is 1. The molecule has 0 aliphatic carbocycles. The zero-order valence-electron chi connectivity index (χ0n) is 13.6. The van der Waals surface area contributed by atoms with Crippen LogP contribution in [0, 0.1) is 0 Å². The summed E-state index contributed by atoms with van der Waals surface area (Å²) in [5.41, 5.74) is 3.49. The Labute approximate surface area is 135 Å². The van der Waals surface area contributed by atoms with Crippen molar-refractivity contribution in [1.29, 1.82) is 0 Å². The summed E-state index contributed by atoms with van der Waals surface area (Å²) in [5, 5.41) is 2.91. The van der Waals surface area contributed by atoms with Crippen LogP contribution in [0.4, 0.5) is 0 Å². The number of nitrogens with one attached hydrogen (secondary N) is 1. The van der Waals surface area contributed by atoms with Crippen LogP contribution in [0.25, 0.3) is 11.0 Å². The van der Waals surface area contributed by atoms with Crippen molar-refractivity contribution in [3.8, 4) is 0 Å². The minimum Gasteiger partial charge on any atom is -0.348 e. The largest absolute Gasteiger partial charge is 0.348 e. The maximum absolute atomic E-state index is 12.3. The average molecular weight is 308 g/mol. The maximum atomic E-state index is 12.3. The van der Waals surface area contributed by atoms with Gasteiger partial charge in [-0.2, -0.15) is 0 Å². The van der Waals surface area contributed by atoms with E-state index < -0.39 is 0 Å². The third-order valence-electron chi connectivity index (χ3n) is 3.87. The van der Waals surface area contributed by atoms with Crippen LogP contribution < -0.4 is 5.32 Å². The van der Waals surface area contributed by atoms with Crippen LogP contribution in [-0.4, -0.2) is 20.4 Å². The lowest BCUT2D eigenvalue weighted by Crippen LogP contribution is -2.22. The third-order valence-corrected chi connectivity index (χ3v) is 3.87. The number of aromatic nitrogens is 3. The molecule has 1 aromatic carbocycles. The van der Waals surface area contributed by atoms with Gasteiger partial charge in [0.15, 0.2) is 0 Å². The van der Waals surface area contributed by atoms with Gasteiger partial charge in [0.2, 0.25) is 0 Å². The molecule has 0 radical (unpaired) electrons. The number of nitrogens with zero attached hydrogens (tertiary/aromatic N) is 3. The molecule has 5 nitrogen and oxygen atoms in total. The average Bonchev–Trinajstić information content (AvgIpc) is 2.90. The maximum Gasteiger partial charge on any atom is 0.251 e. The SMILES string of the molecule is CC(C)c1nc2cc(C(=O)NCc3cccnc3)ccc2n1C. The first-order valence-corrected chi connectivity index (χ1v) is 7.69. The van der Waals surface area contributed by atoms with Crippen LogP contribution >= 0.6 is 0 Å². The van der Waals surface area contributed by atoms with E-state index in [1.165, 1.54) is 0 Å². The number of benzene rings is 1. The first kappa shape index (κ1) is 15.2. The van der Waals surface area contributed by atoms with Crippen molar-refractivity contribution in [2.24, 2.45) is 7.05 Å². The van der Waals surface area contributed by atoms with E-state index >= 15 is 0 Å². The van der Waals surface area contributed by atoms with E-state index in [4.69, 9.17) is 0 Å². The quantitative estimate of drug-likeness (QED) is 0.806. The number of carbonyl (C=O) groups is 1. The zero-order valence-corrected chi connectivity index (χ0v) is 13.6. The van der Waals surface area contributed by atoms with Gasteiger partial charge in [0, 0.05) is 37.5 Å². The fourth-order valence-electron chi connectivity index (χ4n) is 2.66. The lowest BCUT2D eigenvalue weighted by Gasteiger charge is -2.06. The molecule has 1 amide bonds. The van der Waals surface area contributed by atoms with Crippen LogP contribution in [-0.2, 0) is 13.6 Å². The van der Waals surface area contributed by atoms with E-state index in [0.29, 0.717) is 18.0 Å². The van der Waals surface area contributed by atoms with Gasteiger partial charge in [-0.25, -0.2) is 4.98 Å². The molecule has 0 atom stereocenters. The highest BCUT2D eigenvalue weighted by Gasteiger charge is 2.13. The van der Waals surface area contributed by atoms with Crippen molar-refractivity contribution in [2.75, 3.05) is 0 Å². The molecule has 118 valence electrons. The molecule has 0 bridgehead atoms. The molecule has 3 rings (SSSR count). The molecule has 0 saturated carbocycles. The molecular weight excluding hydrogens is 288 g/mol. The van der Waals surface area contributed by atoms with Crippen molar-refractivity contribution >= 4 is 16.9 Å². The highest BCUT2D eigenvalue weighted by atomic mass is 16.1. The van der Waals surface area contributed by atoms with E-state index in [0.717, 1.165) is 22.4 Å². The molecule has 0 aliphatic rings. The molecule has 1 N–H and O–H groups in total. The Morgan fingerprint density at radius 2 is 2.13 bits per heavy atom. The van der Waals surface area contributed by atoms with Crippen molar-refractivity contribution in [3.05, 3.63) is 59.7 Å². The summed E-state index contributed by atoms with van der Waals surface area (Å²) in [6, 6.07) is 9.43. The summed E-state index contributed by atoms with van der Waals surface area (Å²) in [6.45, 7) is 4.69. The van der Waals surface area contributed by atoms with Crippen LogP contribution in [0.15, 0.2) is 42.7 Å². The first-order valence-electron chi connectivity index (χ1n) is 7.69. The fourth-order valence-corrected chi connectivity index (χ4v) is 2.66. The molecular formula is C18H20N4O. The minimum atomic E-state index is -0.104. The standard InChI is InChI=1S/C18H20N4O/c1-12(2)17-21-15-9-14(6-7-16(15)22(17)3)18(23)20-11-13-5-4-8-19-10-13/h4-10,12H,11H2,1-3H3,(H,20,23). The highest BCUT2D eigenvalue weighted by Crippen LogP contribution is 2.21. The molecule has 3 aromatic rings. The van der Waals surface area contributed by atoms with E-state index in [2.05, 4.69) is 33.7 Å². The summed E-state index contributed by atoms with van der Waals surface area (Å²) >= 11 is 0. The summed E-state index contributed by atoms with van der Waals surface area (Å²) in [7, 11) is 2.01. The van der Waals surface area contributed by atoms with Gasteiger partial charge in [0.05, 0.1) is 11.0 Å². The predicted octanol–water partition coefficient (Wildman–Crippen LogP) is 3.02. The molecule has 5 heteroatoms. The first-order chi connectivity index (χ1) is 11.1. The topological polar surface area (TPSA) is 59.8 Å². The Kier molecular flexibility index (Phi) is 4.10. The van der Waals surface area contributed by atoms with Gasteiger partial charge >= 0.3 is 0 Å². The van der Waals surface area contributed by atoms with Crippen molar-refractivity contribution in [2.45, 2.75) is 26.3 Å². The number of carbonyl (C=O) groups excluding carboxylic acids is 1. The van der Waals surface area contributed by atoms with Crippen LogP contribution in [0.1, 0.15) is 41.5 Å². The second-order valence-corrected chi connectivity index (χ2v) is 5.93. The zero-order chi connectivity index (χ0) is 16.4. The van der Waals surface area contributed by atoms with Crippen molar-refractivity contribution < 1.29 is 4.79 Å². The van der Waals surface area contributed by atoms with Gasteiger partial charge in [0.25, 0.3) is 5.91 Å². The highest BCUT2D eigenvalue weighted by molar-refractivity contribution is 5.97. The van der Waals surface area contributed by atoms with Crippen molar-refractivity contribution in [3.63, 3.8) is 0 Å². The molecule has 0 saturated heterocycles. The number of pyridine rings is 1. The molecule has 0 spiro atoms. The fraction of sp³-hybridized carbons (Fsp3) is 0.278. The van der Waals surface area contributed by atoms with Gasteiger partial charge < -0.3 is 9.88 Å². The smallest absolute Gasteiger partial charge is 0.251 e. The van der Waals surface area contributed by atoms with Gasteiger partial charge in [-0.3, -0.25) is 9.78 Å². The monoisotopic (exact) mass is 308 g/mol. The predicted molar refractivity (Wildman–Crippen MR) is 90.2 cm³/mol. The molecule has 2 aromatic heterocycles. The molecule has 0 fully saturated rings. The second-order valence-electron chi connectivity index (χ2n) is 5.93. The van der Waals surface area contributed by atoms with E-state index in [1.807, 2.05) is 37.4 Å². The van der Waals surface area contributed by atoms with E-state index in [1.54, 1.807) is 12.4 Å².